The van der Waals surface area contributed by atoms with Crippen molar-refractivity contribution < 1.29 is 25.8 Å². The first kappa shape index (κ1) is 14.5. The van der Waals surface area contributed by atoms with Crippen molar-refractivity contribution in [1.29, 1.82) is 0 Å². The summed E-state index contributed by atoms with van der Waals surface area (Å²) < 4.78 is 0. The molecule has 2 aliphatic rings. The van der Waals surface area contributed by atoms with Gasteiger partial charge < -0.3 is 0 Å². The van der Waals surface area contributed by atoms with E-state index in [4.69, 9.17) is 23.2 Å². The summed E-state index contributed by atoms with van der Waals surface area (Å²) in [5.74, 6) is 0. The molecule has 0 unspecified atom stereocenters. The van der Waals surface area contributed by atoms with E-state index in [1.165, 1.54) is 22.3 Å². The molecule has 16 heavy (non-hydrogen) atoms. The van der Waals surface area contributed by atoms with Crippen molar-refractivity contribution >= 4 is 23.2 Å². The fraction of sp³-hybridized carbons (Fsp3) is 0.385. The molecule has 0 amide bonds. The van der Waals surface area contributed by atoms with Crippen molar-refractivity contribution in [3.8, 4) is 0 Å². The fourth-order valence-corrected chi connectivity index (χ4v) is 2.40. The molecule has 0 saturated carbocycles. The maximum absolute atomic E-state index is 6.08. The van der Waals surface area contributed by atoms with E-state index >= 15 is 0 Å². The van der Waals surface area contributed by atoms with Crippen molar-refractivity contribution in [3.05, 3.63) is 44.5 Å². The van der Waals surface area contributed by atoms with Gasteiger partial charge in [0.2, 0.25) is 0 Å². The molecule has 0 atom stereocenters. The Labute approximate surface area is 126 Å². The summed E-state index contributed by atoms with van der Waals surface area (Å²) in [6.07, 6.45) is 7.21. The van der Waals surface area contributed by atoms with E-state index < -0.39 is 0 Å². The van der Waals surface area contributed by atoms with Crippen molar-refractivity contribution in [2.24, 2.45) is 0 Å². The van der Waals surface area contributed by atoms with Gasteiger partial charge in [-0.05, 0) is 42.6 Å². The number of halogens is 2. The second kappa shape index (κ2) is 5.84. The Morgan fingerprint density at radius 1 is 0.938 bits per heavy atom. The Kier molecular flexibility index (Phi) is 5.28. The topological polar surface area (TPSA) is 0 Å². The second-order valence-electron chi connectivity index (χ2n) is 4.10. The first-order chi connectivity index (χ1) is 7.09. The summed E-state index contributed by atoms with van der Waals surface area (Å²) in [6, 6.07) is 0. The van der Waals surface area contributed by atoms with Crippen LogP contribution in [0.15, 0.2) is 44.5 Å². The van der Waals surface area contributed by atoms with Crippen LogP contribution in [0.5, 0.6) is 0 Å². The van der Waals surface area contributed by atoms with Crippen LogP contribution in [0.1, 0.15) is 33.1 Å². The second-order valence-corrected chi connectivity index (χ2v) is 5.02. The number of rotatable bonds is 2. The van der Waals surface area contributed by atoms with Crippen LogP contribution in [-0.4, -0.2) is 0 Å². The Balaban J connectivity index is 0.00000128. The molecule has 0 aromatic heterocycles. The van der Waals surface area contributed by atoms with Gasteiger partial charge in [-0.3, -0.25) is 0 Å². The average molecular weight is 420 g/mol. The van der Waals surface area contributed by atoms with Gasteiger partial charge in [-0.25, -0.2) is 0 Å². The van der Waals surface area contributed by atoms with Gasteiger partial charge in [0.15, 0.2) is 0 Å². The molecule has 0 nitrogen and oxygen atoms in total. The van der Waals surface area contributed by atoms with Crippen LogP contribution in [0.2, 0.25) is 0 Å². The molecule has 0 fully saturated rings. The molecular formula is C13H14Cl2Hf. The summed E-state index contributed by atoms with van der Waals surface area (Å²) in [7, 11) is 0. The molecule has 3 heteroatoms. The van der Waals surface area contributed by atoms with Crippen molar-refractivity contribution in [3.63, 3.8) is 0 Å². The fourth-order valence-electron chi connectivity index (χ4n) is 2.00. The van der Waals surface area contributed by atoms with E-state index in [0.717, 1.165) is 29.3 Å². The first-order valence-electron chi connectivity index (χ1n) is 5.19. The SMILES string of the molecule is CC1=C(Cl)CC=C1CC1=CCC(Cl)=C1C.[Hf]. The molecule has 84 valence electrons. The van der Waals surface area contributed by atoms with E-state index in [2.05, 4.69) is 26.0 Å². The van der Waals surface area contributed by atoms with Crippen LogP contribution in [-0.2, 0) is 25.8 Å². The average Bonchev–Trinajstić information content (AvgIpc) is 2.68. The Hall–Kier alpha value is 0.410. The molecule has 2 rings (SSSR count). The smallest absolute Gasteiger partial charge is 0.0250 e. The van der Waals surface area contributed by atoms with Gasteiger partial charge in [0, 0.05) is 48.7 Å². The summed E-state index contributed by atoms with van der Waals surface area (Å²) in [6.45, 7) is 4.19. The number of hydrogen-bond acceptors (Lipinski definition) is 0. The Bertz CT molecular complexity index is 385. The predicted molar refractivity (Wildman–Crippen MR) is 67.1 cm³/mol. The Morgan fingerprint density at radius 2 is 1.31 bits per heavy atom. The van der Waals surface area contributed by atoms with Gasteiger partial charge in [-0.2, -0.15) is 0 Å². The molecule has 0 spiro atoms. The van der Waals surface area contributed by atoms with Crippen LogP contribution in [0.3, 0.4) is 0 Å². The van der Waals surface area contributed by atoms with Crippen LogP contribution in [0, 0.1) is 0 Å². The minimum Gasteiger partial charge on any atom is -0.0885 e. The molecule has 2 aliphatic carbocycles. The molecule has 0 heterocycles. The standard InChI is InChI=1S/C13H14Cl2.Hf/c1-8-10(3-5-12(8)14)7-11-4-6-13(15)9(11)2;/h3-4H,5-7H2,1-2H3;. The van der Waals surface area contributed by atoms with Crippen LogP contribution in [0.4, 0.5) is 0 Å². The summed E-state index contributed by atoms with van der Waals surface area (Å²) in [5, 5.41) is 1.97. The molecule has 0 aliphatic heterocycles. The van der Waals surface area contributed by atoms with E-state index in [1.54, 1.807) is 0 Å². The largest absolute Gasteiger partial charge is 0.0885 e. The Morgan fingerprint density at radius 3 is 1.56 bits per heavy atom. The summed E-state index contributed by atoms with van der Waals surface area (Å²) >= 11 is 12.2. The maximum atomic E-state index is 6.08. The van der Waals surface area contributed by atoms with Crippen LogP contribution < -0.4 is 0 Å². The van der Waals surface area contributed by atoms with Crippen molar-refractivity contribution in [1.82, 2.24) is 0 Å². The third-order valence-corrected chi connectivity index (χ3v) is 4.09. The normalized spacial score (nSPS) is 20.0. The van der Waals surface area contributed by atoms with Gasteiger partial charge in [-0.1, -0.05) is 35.4 Å². The maximum Gasteiger partial charge on any atom is 0.0250 e. The minimum atomic E-state index is 0. The first-order valence-corrected chi connectivity index (χ1v) is 5.94. The third kappa shape index (κ3) is 2.80. The number of hydrogen-bond donors (Lipinski definition) is 0. The van der Waals surface area contributed by atoms with Gasteiger partial charge in [-0.15, -0.1) is 0 Å². The van der Waals surface area contributed by atoms with Crippen LogP contribution in [0.25, 0.3) is 0 Å². The minimum absolute atomic E-state index is 0. The molecule has 0 aromatic carbocycles. The molecule has 0 bridgehead atoms. The van der Waals surface area contributed by atoms with E-state index in [0.29, 0.717) is 0 Å². The van der Waals surface area contributed by atoms with Gasteiger partial charge in [0.1, 0.15) is 0 Å². The zero-order chi connectivity index (χ0) is 11.0. The van der Waals surface area contributed by atoms with Gasteiger partial charge >= 0.3 is 0 Å². The number of allylic oxidation sites excluding steroid dienone is 8. The van der Waals surface area contributed by atoms with Gasteiger partial charge in [0.05, 0.1) is 0 Å². The third-order valence-electron chi connectivity index (χ3n) is 3.21. The zero-order valence-corrected chi connectivity index (χ0v) is 14.6. The molecule has 0 radical (unpaired) electrons. The van der Waals surface area contributed by atoms with Crippen LogP contribution >= 0.6 is 23.2 Å². The van der Waals surface area contributed by atoms with Gasteiger partial charge in [0.25, 0.3) is 0 Å². The molecule has 0 N–H and O–H groups in total. The zero-order valence-electron chi connectivity index (χ0n) is 9.53. The monoisotopic (exact) mass is 420 g/mol. The van der Waals surface area contributed by atoms with Crippen molar-refractivity contribution in [2.75, 3.05) is 0 Å². The molecular weight excluding hydrogens is 406 g/mol. The van der Waals surface area contributed by atoms with Crippen molar-refractivity contribution in [2.45, 2.75) is 33.1 Å². The summed E-state index contributed by atoms with van der Waals surface area (Å²) in [5.41, 5.74) is 5.20. The van der Waals surface area contributed by atoms with E-state index in [9.17, 15) is 0 Å². The predicted octanol–water partition coefficient (Wildman–Crippen LogP) is 5.06. The quantitative estimate of drug-likeness (QED) is 0.549. The summed E-state index contributed by atoms with van der Waals surface area (Å²) in [4.78, 5) is 0. The van der Waals surface area contributed by atoms with E-state index in [-0.39, 0.29) is 25.8 Å². The molecule has 0 saturated heterocycles. The van der Waals surface area contributed by atoms with E-state index in [1.807, 2.05) is 0 Å². The molecule has 0 aromatic rings.